The number of benzene rings is 1. The smallest absolute Gasteiger partial charge is 0.266 e. The molecule has 3 aromatic rings. The van der Waals surface area contributed by atoms with E-state index in [1.165, 1.54) is 29.2 Å². The Balaban J connectivity index is 1.78. The molecule has 0 fully saturated rings. The molecule has 0 radical (unpaired) electrons. The lowest BCUT2D eigenvalue weighted by Crippen LogP contribution is -2.31. The number of nitrogens with zero attached hydrogens (tertiary/aromatic N) is 2. The highest BCUT2D eigenvalue weighted by atomic mass is 35.5. The Kier molecular flexibility index (Phi) is 4.20. The van der Waals surface area contributed by atoms with Crippen molar-refractivity contribution in [1.82, 2.24) is 19.5 Å². The van der Waals surface area contributed by atoms with Gasteiger partial charge in [-0.15, -0.1) is 0 Å². The summed E-state index contributed by atoms with van der Waals surface area (Å²) in [5.41, 5.74) is 0.354. The molecule has 0 atom stereocenters. The molecule has 9 heteroatoms. The summed E-state index contributed by atoms with van der Waals surface area (Å²) in [6.07, 6.45) is 2.88. The van der Waals surface area contributed by atoms with Crippen LogP contribution in [0.15, 0.2) is 52.4 Å². The second-order valence-corrected chi connectivity index (χ2v) is 7.00. The van der Waals surface area contributed by atoms with E-state index in [2.05, 4.69) is 14.8 Å². The van der Waals surface area contributed by atoms with E-state index in [1.54, 1.807) is 18.2 Å². The van der Waals surface area contributed by atoms with E-state index in [1.807, 2.05) is 0 Å². The molecule has 0 saturated carbocycles. The van der Waals surface area contributed by atoms with Crippen molar-refractivity contribution in [3.8, 4) is 0 Å². The van der Waals surface area contributed by atoms with E-state index >= 15 is 0 Å². The lowest BCUT2D eigenvalue weighted by atomic mass is 10.2. The Hall–Kier alpha value is -2.16. The highest BCUT2D eigenvalue weighted by Gasteiger charge is 2.18. The van der Waals surface area contributed by atoms with Crippen LogP contribution in [-0.4, -0.2) is 29.7 Å². The van der Waals surface area contributed by atoms with E-state index in [0.717, 1.165) is 0 Å². The number of aromatic nitrogens is 3. The fourth-order valence-corrected chi connectivity index (χ4v) is 3.58. The van der Waals surface area contributed by atoms with E-state index in [0.29, 0.717) is 15.9 Å². The van der Waals surface area contributed by atoms with Crippen LogP contribution in [0, 0.1) is 0 Å². The number of fused-ring (bicyclic) bond motifs is 1. The molecule has 0 unspecified atom stereocenters. The Labute approximate surface area is 137 Å². The summed E-state index contributed by atoms with van der Waals surface area (Å²) >= 11 is 5.88. The normalized spacial score (nSPS) is 11.9. The predicted molar refractivity (Wildman–Crippen MR) is 87.0 cm³/mol. The molecule has 120 valence electrons. The molecule has 23 heavy (non-hydrogen) atoms. The second-order valence-electron chi connectivity index (χ2n) is 4.83. The molecule has 0 amide bonds. The SMILES string of the molecule is O=c1cccnn1CCNS(=O)(=O)c1c[nH]c2cc(Cl)ccc12. The summed E-state index contributed by atoms with van der Waals surface area (Å²) in [6, 6.07) is 7.82. The lowest BCUT2D eigenvalue weighted by molar-refractivity contribution is 0.548. The third-order valence-electron chi connectivity index (χ3n) is 3.30. The number of hydrogen-bond acceptors (Lipinski definition) is 4. The van der Waals surface area contributed by atoms with Crippen molar-refractivity contribution in [1.29, 1.82) is 0 Å². The maximum absolute atomic E-state index is 12.4. The zero-order chi connectivity index (χ0) is 16.4. The fraction of sp³-hybridized carbons (Fsp3) is 0.143. The van der Waals surface area contributed by atoms with Crippen LogP contribution in [-0.2, 0) is 16.6 Å². The molecule has 0 bridgehead atoms. The zero-order valence-corrected chi connectivity index (χ0v) is 13.4. The summed E-state index contributed by atoms with van der Waals surface area (Å²) in [7, 11) is -3.71. The van der Waals surface area contributed by atoms with Crippen molar-refractivity contribution in [2.45, 2.75) is 11.4 Å². The van der Waals surface area contributed by atoms with Gasteiger partial charge in [-0.1, -0.05) is 11.6 Å². The molecule has 0 saturated heterocycles. The van der Waals surface area contributed by atoms with Gasteiger partial charge in [-0.25, -0.2) is 17.8 Å². The lowest BCUT2D eigenvalue weighted by Gasteiger charge is -2.07. The molecular formula is C14H13ClN4O3S. The predicted octanol–water partition coefficient (Wildman–Crippen LogP) is 1.36. The van der Waals surface area contributed by atoms with Gasteiger partial charge in [0.25, 0.3) is 5.56 Å². The van der Waals surface area contributed by atoms with Crippen LogP contribution in [0.25, 0.3) is 10.9 Å². The molecule has 2 N–H and O–H groups in total. The quantitative estimate of drug-likeness (QED) is 0.724. The van der Waals surface area contributed by atoms with Gasteiger partial charge >= 0.3 is 0 Å². The second kappa shape index (κ2) is 6.15. The first-order chi connectivity index (χ1) is 11.0. The Bertz CT molecular complexity index is 1010. The Morgan fingerprint density at radius 3 is 2.91 bits per heavy atom. The van der Waals surface area contributed by atoms with Gasteiger partial charge in [0.2, 0.25) is 10.0 Å². The van der Waals surface area contributed by atoms with E-state index < -0.39 is 10.0 Å². The van der Waals surface area contributed by atoms with Crippen molar-refractivity contribution < 1.29 is 8.42 Å². The summed E-state index contributed by atoms with van der Waals surface area (Å²) in [4.78, 5) is 14.5. The minimum Gasteiger partial charge on any atom is -0.360 e. The Morgan fingerprint density at radius 2 is 2.13 bits per heavy atom. The van der Waals surface area contributed by atoms with Crippen LogP contribution < -0.4 is 10.3 Å². The number of rotatable bonds is 5. The first kappa shape index (κ1) is 15.7. The van der Waals surface area contributed by atoms with Gasteiger partial charge < -0.3 is 4.98 Å². The average Bonchev–Trinajstić information content (AvgIpc) is 2.93. The molecule has 0 aliphatic rings. The van der Waals surface area contributed by atoms with E-state index in [-0.39, 0.29) is 23.5 Å². The van der Waals surface area contributed by atoms with Crippen LogP contribution in [0.2, 0.25) is 5.02 Å². The number of sulfonamides is 1. The number of H-pyrrole nitrogens is 1. The minimum atomic E-state index is -3.71. The van der Waals surface area contributed by atoms with E-state index in [9.17, 15) is 13.2 Å². The van der Waals surface area contributed by atoms with Crippen molar-refractivity contribution in [3.63, 3.8) is 0 Å². The van der Waals surface area contributed by atoms with Crippen LogP contribution in [0.4, 0.5) is 0 Å². The van der Waals surface area contributed by atoms with Gasteiger partial charge in [0.1, 0.15) is 4.90 Å². The molecular weight excluding hydrogens is 340 g/mol. The van der Waals surface area contributed by atoms with Gasteiger partial charge in [0.05, 0.1) is 6.54 Å². The third kappa shape index (κ3) is 3.29. The van der Waals surface area contributed by atoms with Crippen molar-refractivity contribution in [3.05, 3.63) is 58.1 Å². The molecule has 0 aliphatic heterocycles. The molecule has 2 heterocycles. The van der Waals surface area contributed by atoms with Crippen LogP contribution in [0.5, 0.6) is 0 Å². The molecule has 7 nitrogen and oxygen atoms in total. The topological polar surface area (TPSA) is 96.8 Å². The monoisotopic (exact) mass is 352 g/mol. The van der Waals surface area contributed by atoms with Crippen LogP contribution >= 0.6 is 11.6 Å². The number of nitrogens with one attached hydrogen (secondary N) is 2. The third-order valence-corrected chi connectivity index (χ3v) is 5.03. The number of hydrogen-bond donors (Lipinski definition) is 2. The molecule has 1 aromatic carbocycles. The van der Waals surface area contributed by atoms with Crippen LogP contribution in [0.1, 0.15) is 0 Å². The van der Waals surface area contributed by atoms with E-state index in [4.69, 9.17) is 11.6 Å². The molecule has 0 spiro atoms. The number of halogens is 1. The van der Waals surface area contributed by atoms with Gasteiger partial charge in [-0.2, -0.15) is 5.10 Å². The molecule has 2 aromatic heterocycles. The van der Waals surface area contributed by atoms with Crippen LogP contribution in [0.3, 0.4) is 0 Å². The van der Waals surface area contributed by atoms with Crippen molar-refractivity contribution >= 4 is 32.5 Å². The summed E-state index contributed by atoms with van der Waals surface area (Å²) in [6.45, 7) is 0.201. The Morgan fingerprint density at radius 1 is 1.30 bits per heavy atom. The first-order valence-electron chi connectivity index (χ1n) is 6.76. The van der Waals surface area contributed by atoms with Gasteiger partial charge in [-0.3, -0.25) is 4.79 Å². The highest BCUT2D eigenvalue weighted by molar-refractivity contribution is 7.89. The standard InChI is InChI=1S/C14H13ClN4O3S/c15-10-3-4-11-12(8-10)16-9-13(11)23(21,22)18-6-7-19-14(20)2-1-5-17-19/h1-5,8-9,16,18H,6-7H2. The van der Waals surface area contributed by atoms with Gasteiger partial charge in [0.15, 0.2) is 0 Å². The fourth-order valence-electron chi connectivity index (χ4n) is 2.21. The largest absolute Gasteiger partial charge is 0.360 e. The molecule has 0 aliphatic carbocycles. The summed E-state index contributed by atoms with van der Waals surface area (Å²) in [5, 5.41) is 4.94. The first-order valence-corrected chi connectivity index (χ1v) is 8.62. The van der Waals surface area contributed by atoms with Gasteiger partial charge in [-0.05, 0) is 24.3 Å². The summed E-state index contributed by atoms with van der Waals surface area (Å²) in [5.74, 6) is 0. The molecule has 3 rings (SSSR count). The average molecular weight is 353 g/mol. The van der Waals surface area contributed by atoms with Crippen molar-refractivity contribution in [2.24, 2.45) is 0 Å². The van der Waals surface area contributed by atoms with Crippen molar-refractivity contribution in [2.75, 3.05) is 6.54 Å². The van der Waals surface area contributed by atoms with Gasteiger partial charge in [0, 0.05) is 40.9 Å². The maximum atomic E-state index is 12.4. The summed E-state index contributed by atoms with van der Waals surface area (Å²) < 4.78 is 28.4. The zero-order valence-electron chi connectivity index (χ0n) is 11.9. The highest BCUT2D eigenvalue weighted by Crippen LogP contribution is 2.25. The maximum Gasteiger partial charge on any atom is 0.266 e. The number of aromatic amines is 1. The minimum absolute atomic E-state index is 0.0551.